The second-order valence-corrected chi connectivity index (χ2v) is 3.23. The van der Waals surface area contributed by atoms with E-state index in [1.54, 1.807) is 0 Å². The van der Waals surface area contributed by atoms with Crippen molar-refractivity contribution in [1.82, 2.24) is 0 Å². The van der Waals surface area contributed by atoms with Gasteiger partial charge in [-0.15, -0.1) is 0 Å². The Bertz CT molecular complexity index is 372. The maximum Gasteiger partial charge on any atom is 0.417 e. The van der Waals surface area contributed by atoms with Crippen molar-refractivity contribution in [3.8, 4) is 0 Å². The number of benzene rings is 1. The lowest BCUT2D eigenvalue weighted by atomic mass is 10.1. The van der Waals surface area contributed by atoms with Crippen molar-refractivity contribution >= 4 is 22.2 Å². The number of carbonyl (C=O) groups excluding carboxylic acids is 1. The standard InChI is InChI=1S/C8H3BrF4O/c9-7-4(3-14)5(8(11,12)13)1-2-6(7)10/h1-3H. The van der Waals surface area contributed by atoms with Gasteiger partial charge in [0.25, 0.3) is 0 Å². The zero-order valence-electron chi connectivity index (χ0n) is 6.53. The van der Waals surface area contributed by atoms with E-state index < -0.39 is 27.6 Å². The van der Waals surface area contributed by atoms with Crippen LogP contribution in [-0.4, -0.2) is 6.29 Å². The summed E-state index contributed by atoms with van der Waals surface area (Å²) in [5.74, 6) is -0.903. The van der Waals surface area contributed by atoms with Gasteiger partial charge < -0.3 is 0 Å². The maximum absolute atomic E-state index is 12.8. The monoisotopic (exact) mass is 270 g/mol. The van der Waals surface area contributed by atoms with Crippen LogP contribution in [0.4, 0.5) is 17.6 Å². The molecule has 0 aromatic heterocycles. The van der Waals surface area contributed by atoms with E-state index in [0.717, 1.165) is 0 Å². The van der Waals surface area contributed by atoms with Gasteiger partial charge in [-0.1, -0.05) is 0 Å². The first-order valence-corrected chi connectivity index (χ1v) is 4.17. The summed E-state index contributed by atoms with van der Waals surface area (Å²) in [6, 6.07) is 1.18. The third kappa shape index (κ3) is 1.95. The van der Waals surface area contributed by atoms with E-state index in [0.29, 0.717) is 12.1 Å². The molecule has 1 rings (SSSR count). The Kier molecular flexibility index (Phi) is 2.94. The SMILES string of the molecule is O=Cc1c(C(F)(F)F)ccc(F)c1Br. The summed E-state index contributed by atoms with van der Waals surface area (Å²) in [6.07, 6.45) is -4.69. The van der Waals surface area contributed by atoms with Crippen LogP contribution >= 0.6 is 15.9 Å². The van der Waals surface area contributed by atoms with Gasteiger partial charge >= 0.3 is 6.18 Å². The van der Waals surface area contributed by atoms with Crippen LogP contribution in [0.5, 0.6) is 0 Å². The van der Waals surface area contributed by atoms with E-state index in [9.17, 15) is 22.4 Å². The molecule has 0 aliphatic carbocycles. The van der Waals surface area contributed by atoms with Crippen LogP contribution in [0.15, 0.2) is 16.6 Å². The van der Waals surface area contributed by atoms with E-state index >= 15 is 0 Å². The highest BCUT2D eigenvalue weighted by atomic mass is 79.9. The minimum atomic E-state index is -4.66. The van der Waals surface area contributed by atoms with Gasteiger partial charge in [0.15, 0.2) is 6.29 Å². The fraction of sp³-hybridized carbons (Fsp3) is 0.125. The number of rotatable bonds is 1. The summed E-state index contributed by atoms with van der Waals surface area (Å²) in [7, 11) is 0. The van der Waals surface area contributed by atoms with Crippen LogP contribution < -0.4 is 0 Å². The molecular weight excluding hydrogens is 268 g/mol. The molecule has 76 valence electrons. The molecule has 0 unspecified atom stereocenters. The largest absolute Gasteiger partial charge is 0.417 e. The van der Waals surface area contributed by atoms with E-state index in [2.05, 4.69) is 15.9 Å². The zero-order valence-corrected chi connectivity index (χ0v) is 8.12. The van der Waals surface area contributed by atoms with Gasteiger partial charge in [0.2, 0.25) is 0 Å². The zero-order chi connectivity index (χ0) is 10.9. The molecule has 0 radical (unpaired) electrons. The van der Waals surface area contributed by atoms with Gasteiger partial charge in [0.1, 0.15) is 5.82 Å². The Balaban J connectivity index is 3.47. The maximum atomic E-state index is 12.8. The number of carbonyl (C=O) groups is 1. The van der Waals surface area contributed by atoms with Crippen molar-refractivity contribution in [2.75, 3.05) is 0 Å². The van der Waals surface area contributed by atoms with Crippen LogP contribution in [-0.2, 0) is 6.18 Å². The number of alkyl halides is 3. The first-order chi connectivity index (χ1) is 6.38. The molecule has 0 aliphatic heterocycles. The first kappa shape index (κ1) is 11.2. The molecule has 0 saturated carbocycles. The molecule has 1 aromatic carbocycles. The molecule has 6 heteroatoms. The van der Waals surface area contributed by atoms with E-state index in [-0.39, 0.29) is 6.29 Å². The molecule has 0 aliphatic rings. The molecule has 0 fully saturated rings. The lowest BCUT2D eigenvalue weighted by Crippen LogP contribution is -2.10. The minimum Gasteiger partial charge on any atom is -0.298 e. The summed E-state index contributed by atoms with van der Waals surface area (Å²) in [5, 5.41) is 0. The van der Waals surface area contributed by atoms with Crippen molar-refractivity contribution in [1.29, 1.82) is 0 Å². The van der Waals surface area contributed by atoms with Gasteiger partial charge in [-0.25, -0.2) is 4.39 Å². The average molecular weight is 271 g/mol. The normalized spacial score (nSPS) is 11.5. The Labute approximate surface area is 84.9 Å². The van der Waals surface area contributed by atoms with Gasteiger partial charge in [0, 0.05) is 5.56 Å². The molecule has 1 nitrogen and oxygen atoms in total. The Morgan fingerprint density at radius 2 is 1.86 bits per heavy atom. The summed E-state index contributed by atoms with van der Waals surface area (Å²) in [6.45, 7) is 0. The molecule has 0 N–H and O–H groups in total. The van der Waals surface area contributed by atoms with Crippen LogP contribution in [0.2, 0.25) is 0 Å². The van der Waals surface area contributed by atoms with Gasteiger partial charge in [-0.05, 0) is 28.1 Å². The summed E-state index contributed by atoms with van der Waals surface area (Å²) in [5.41, 5.74) is -1.88. The van der Waals surface area contributed by atoms with Gasteiger partial charge in [-0.3, -0.25) is 4.79 Å². The van der Waals surface area contributed by atoms with E-state index in [1.165, 1.54) is 0 Å². The first-order valence-electron chi connectivity index (χ1n) is 3.38. The summed E-state index contributed by atoms with van der Waals surface area (Å²) in [4.78, 5) is 10.4. The molecular formula is C8H3BrF4O. The van der Waals surface area contributed by atoms with Gasteiger partial charge in [-0.2, -0.15) is 13.2 Å². The fourth-order valence-electron chi connectivity index (χ4n) is 0.929. The smallest absolute Gasteiger partial charge is 0.298 e. The van der Waals surface area contributed by atoms with Crippen molar-refractivity contribution in [2.24, 2.45) is 0 Å². The third-order valence-corrected chi connectivity index (χ3v) is 2.36. The number of hydrogen-bond donors (Lipinski definition) is 0. The van der Waals surface area contributed by atoms with E-state index in [4.69, 9.17) is 0 Å². The number of aldehydes is 1. The number of hydrogen-bond acceptors (Lipinski definition) is 1. The lowest BCUT2D eigenvalue weighted by molar-refractivity contribution is -0.137. The Hall–Kier alpha value is -0.910. The van der Waals surface area contributed by atoms with Crippen LogP contribution in [0.25, 0.3) is 0 Å². The minimum absolute atomic E-state index is 0.0318. The van der Waals surface area contributed by atoms with Crippen molar-refractivity contribution in [3.63, 3.8) is 0 Å². The van der Waals surface area contributed by atoms with Crippen LogP contribution in [0.1, 0.15) is 15.9 Å². The Morgan fingerprint density at radius 1 is 1.29 bits per heavy atom. The van der Waals surface area contributed by atoms with Crippen LogP contribution in [0.3, 0.4) is 0 Å². The topological polar surface area (TPSA) is 17.1 Å². The highest BCUT2D eigenvalue weighted by Crippen LogP contribution is 2.35. The molecule has 14 heavy (non-hydrogen) atoms. The van der Waals surface area contributed by atoms with Crippen molar-refractivity contribution in [3.05, 3.63) is 33.5 Å². The Morgan fingerprint density at radius 3 is 2.29 bits per heavy atom. The predicted octanol–water partition coefficient (Wildman–Crippen LogP) is 3.42. The quantitative estimate of drug-likeness (QED) is 0.565. The lowest BCUT2D eigenvalue weighted by Gasteiger charge is -2.10. The second kappa shape index (κ2) is 3.68. The molecule has 0 spiro atoms. The highest BCUT2D eigenvalue weighted by Gasteiger charge is 2.34. The molecule has 1 aromatic rings. The predicted molar refractivity (Wildman–Crippen MR) is 44.5 cm³/mol. The second-order valence-electron chi connectivity index (χ2n) is 2.44. The third-order valence-electron chi connectivity index (χ3n) is 1.56. The summed E-state index contributed by atoms with van der Waals surface area (Å²) < 4.78 is 49.0. The van der Waals surface area contributed by atoms with Gasteiger partial charge in [0.05, 0.1) is 10.0 Å². The van der Waals surface area contributed by atoms with E-state index in [1.807, 2.05) is 0 Å². The fourth-order valence-corrected chi connectivity index (χ4v) is 1.37. The van der Waals surface area contributed by atoms with Crippen molar-refractivity contribution < 1.29 is 22.4 Å². The van der Waals surface area contributed by atoms with Crippen LogP contribution in [0, 0.1) is 5.82 Å². The molecule has 0 amide bonds. The molecule has 0 heterocycles. The number of halogens is 5. The van der Waals surface area contributed by atoms with Crippen molar-refractivity contribution in [2.45, 2.75) is 6.18 Å². The average Bonchev–Trinajstić information content (AvgIpc) is 2.07. The molecule has 0 saturated heterocycles. The molecule has 0 atom stereocenters. The molecule has 0 bridgehead atoms. The highest BCUT2D eigenvalue weighted by molar-refractivity contribution is 9.10. The summed E-state index contributed by atoms with van der Waals surface area (Å²) >= 11 is 2.58.